The molecule has 102 valence electrons. The van der Waals surface area contributed by atoms with Gasteiger partial charge in [0.1, 0.15) is 0 Å². The van der Waals surface area contributed by atoms with E-state index in [0.29, 0.717) is 10.3 Å². The Morgan fingerprint density at radius 1 is 1.32 bits per heavy atom. The third kappa shape index (κ3) is 3.46. The molecule has 0 radical (unpaired) electrons. The van der Waals surface area contributed by atoms with Crippen LogP contribution in [0.25, 0.3) is 5.69 Å². The van der Waals surface area contributed by atoms with E-state index < -0.39 is 11.9 Å². The molecular formula is C12H16N4O2S. The summed E-state index contributed by atoms with van der Waals surface area (Å²) in [5.41, 5.74) is 1.06. The fourth-order valence-corrected chi connectivity index (χ4v) is 1.74. The molecule has 2 rings (SSSR count). The number of aromatic amines is 1. The van der Waals surface area contributed by atoms with E-state index in [4.69, 9.17) is 17.0 Å². The topological polar surface area (TPSA) is 76.0 Å². The van der Waals surface area contributed by atoms with Crippen LogP contribution in [0.15, 0.2) is 24.3 Å². The summed E-state index contributed by atoms with van der Waals surface area (Å²) in [6, 6.07) is 7.16. The van der Waals surface area contributed by atoms with E-state index in [2.05, 4.69) is 15.5 Å². The van der Waals surface area contributed by atoms with Crippen LogP contribution in [0, 0.1) is 4.77 Å². The molecule has 6 nitrogen and oxygen atoms in total. The lowest BCUT2D eigenvalue weighted by Gasteiger charge is -2.24. The average molecular weight is 280 g/mol. The molecular weight excluding hydrogens is 264 g/mol. The third-order valence-electron chi connectivity index (χ3n) is 2.37. The normalized spacial score (nSPS) is 13.5. The van der Waals surface area contributed by atoms with Crippen LogP contribution in [0.5, 0.6) is 0 Å². The number of aromatic nitrogens is 4. The van der Waals surface area contributed by atoms with Gasteiger partial charge in [0.05, 0.1) is 11.3 Å². The second kappa shape index (κ2) is 5.20. The highest BCUT2D eigenvalue weighted by Gasteiger charge is 2.18. The molecule has 1 aromatic carbocycles. The van der Waals surface area contributed by atoms with E-state index in [9.17, 15) is 5.11 Å². The molecule has 7 heteroatoms. The minimum Gasteiger partial charge on any atom is -0.364 e. The van der Waals surface area contributed by atoms with Crippen LogP contribution in [0.4, 0.5) is 0 Å². The van der Waals surface area contributed by atoms with Gasteiger partial charge in [-0.25, -0.2) is 4.68 Å². The van der Waals surface area contributed by atoms with Gasteiger partial charge in [0, 0.05) is 5.56 Å². The molecule has 0 spiro atoms. The number of nitrogens with one attached hydrogen (secondary N) is 1. The molecule has 0 aliphatic carbocycles. The van der Waals surface area contributed by atoms with E-state index in [-0.39, 0.29) is 0 Å². The molecule has 1 aromatic heterocycles. The zero-order valence-electron chi connectivity index (χ0n) is 11.0. The minimum absolute atomic E-state index is 0.347. The van der Waals surface area contributed by atoms with Crippen LogP contribution in [0.3, 0.4) is 0 Å². The standard InChI is InChI=1S/C12H16N4O2S/c1-12(2,3)18-10(17)8-4-6-9(7-5-8)16-11(19)13-14-15-16/h4-7,10,17H,1-3H3,(H,13,15,19). The maximum Gasteiger partial charge on any atom is 0.242 e. The van der Waals surface area contributed by atoms with Gasteiger partial charge in [0.25, 0.3) is 0 Å². The first-order valence-electron chi connectivity index (χ1n) is 5.83. The summed E-state index contributed by atoms with van der Waals surface area (Å²) < 4.78 is 7.39. The Balaban J connectivity index is 2.19. The maximum absolute atomic E-state index is 9.95. The van der Waals surface area contributed by atoms with Crippen molar-refractivity contribution in [3.05, 3.63) is 34.6 Å². The van der Waals surface area contributed by atoms with Crippen LogP contribution in [-0.2, 0) is 4.74 Å². The predicted octanol–water partition coefficient (Wildman–Crippen LogP) is 2.13. The van der Waals surface area contributed by atoms with Gasteiger partial charge in [-0.15, -0.1) is 0 Å². The van der Waals surface area contributed by atoms with Crippen LogP contribution in [-0.4, -0.2) is 30.9 Å². The molecule has 0 amide bonds. The van der Waals surface area contributed by atoms with Gasteiger partial charge in [0.2, 0.25) is 4.77 Å². The maximum atomic E-state index is 9.95. The molecule has 0 aliphatic rings. The summed E-state index contributed by atoms with van der Waals surface area (Å²) in [7, 11) is 0. The number of ether oxygens (including phenoxy) is 1. The molecule has 0 aliphatic heterocycles. The number of aliphatic hydroxyl groups excluding tert-OH is 1. The molecule has 19 heavy (non-hydrogen) atoms. The fraction of sp³-hybridized carbons (Fsp3) is 0.417. The summed E-state index contributed by atoms with van der Waals surface area (Å²) in [4.78, 5) is 0. The molecule has 1 heterocycles. The lowest BCUT2D eigenvalue weighted by atomic mass is 10.1. The number of rotatable bonds is 3. The Kier molecular flexibility index (Phi) is 3.79. The van der Waals surface area contributed by atoms with E-state index in [1.54, 1.807) is 28.9 Å². The highest BCUT2D eigenvalue weighted by Crippen LogP contribution is 2.22. The summed E-state index contributed by atoms with van der Waals surface area (Å²) in [5, 5.41) is 19.9. The molecule has 0 fully saturated rings. The SMILES string of the molecule is CC(C)(C)OC(O)c1ccc(-n2[nH]nnc2=S)cc1. The van der Waals surface area contributed by atoms with Crippen molar-refractivity contribution >= 4 is 12.2 Å². The van der Waals surface area contributed by atoms with Crippen molar-refractivity contribution in [1.82, 2.24) is 20.2 Å². The van der Waals surface area contributed by atoms with E-state index >= 15 is 0 Å². The van der Waals surface area contributed by atoms with Crippen molar-refractivity contribution in [3.63, 3.8) is 0 Å². The van der Waals surface area contributed by atoms with Gasteiger partial charge in [-0.05, 0) is 45.1 Å². The van der Waals surface area contributed by atoms with Gasteiger partial charge in [-0.3, -0.25) is 0 Å². The number of hydrogen-bond acceptors (Lipinski definition) is 5. The number of aliphatic hydroxyl groups is 1. The first-order valence-corrected chi connectivity index (χ1v) is 6.24. The predicted molar refractivity (Wildman–Crippen MR) is 72.3 cm³/mol. The summed E-state index contributed by atoms with van der Waals surface area (Å²) in [5.74, 6) is 0. The molecule has 2 N–H and O–H groups in total. The number of hydrogen-bond donors (Lipinski definition) is 2. The lowest BCUT2D eigenvalue weighted by molar-refractivity contribution is -0.169. The van der Waals surface area contributed by atoms with Crippen molar-refractivity contribution in [3.8, 4) is 5.69 Å². The zero-order chi connectivity index (χ0) is 14.0. The summed E-state index contributed by atoms with van der Waals surface area (Å²) in [6.45, 7) is 5.67. The molecule has 1 atom stereocenters. The Labute approximate surface area is 116 Å². The molecule has 0 saturated heterocycles. The van der Waals surface area contributed by atoms with Gasteiger partial charge < -0.3 is 9.84 Å². The van der Waals surface area contributed by atoms with Crippen molar-refractivity contribution in [1.29, 1.82) is 0 Å². The van der Waals surface area contributed by atoms with Crippen LogP contribution in [0.2, 0.25) is 0 Å². The van der Waals surface area contributed by atoms with E-state index in [0.717, 1.165) is 5.69 Å². The quantitative estimate of drug-likeness (QED) is 0.665. The minimum atomic E-state index is -0.957. The van der Waals surface area contributed by atoms with Gasteiger partial charge >= 0.3 is 0 Å². The van der Waals surface area contributed by atoms with Crippen molar-refractivity contribution in [2.75, 3.05) is 0 Å². The Bertz CT molecular complexity index is 597. The van der Waals surface area contributed by atoms with Crippen molar-refractivity contribution < 1.29 is 9.84 Å². The Morgan fingerprint density at radius 2 is 1.95 bits per heavy atom. The Hall–Kier alpha value is -1.57. The summed E-state index contributed by atoms with van der Waals surface area (Å²) in [6.07, 6.45) is -0.957. The molecule has 0 saturated carbocycles. The summed E-state index contributed by atoms with van der Waals surface area (Å²) >= 11 is 5.01. The smallest absolute Gasteiger partial charge is 0.242 e. The highest BCUT2D eigenvalue weighted by atomic mass is 32.1. The lowest BCUT2D eigenvalue weighted by Crippen LogP contribution is -2.22. The van der Waals surface area contributed by atoms with Gasteiger partial charge in [-0.2, -0.15) is 5.21 Å². The highest BCUT2D eigenvalue weighted by molar-refractivity contribution is 7.71. The van der Waals surface area contributed by atoms with Crippen LogP contribution < -0.4 is 0 Å². The number of tetrazole rings is 1. The molecule has 0 bridgehead atoms. The van der Waals surface area contributed by atoms with Crippen molar-refractivity contribution in [2.24, 2.45) is 0 Å². The largest absolute Gasteiger partial charge is 0.364 e. The zero-order valence-corrected chi connectivity index (χ0v) is 11.8. The van der Waals surface area contributed by atoms with Crippen molar-refractivity contribution in [2.45, 2.75) is 32.7 Å². The monoisotopic (exact) mass is 280 g/mol. The number of nitrogens with zero attached hydrogens (tertiary/aromatic N) is 3. The fourth-order valence-electron chi connectivity index (χ4n) is 1.56. The molecule has 2 aromatic rings. The second-order valence-corrected chi connectivity index (χ2v) is 5.46. The third-order valence-corrected chi connectivity index (χ3v) is 2.64. The molecule has 1 unspecified atom stereocenters. The van der Waals surface area contributed by atoms with Crippen LogP contribution in [0.1, 0.15) is 32.6 Å². The average Bonchev–Trinajstić information content (AvgIpc) is 2.73. The number of benzene rings is 1. The first-order chi connectivity index (χ1) is 8.87. The first kappa shape index (κ1) is 13.9. The van der Waals surface area contributed by atoms with Crippen LogP contribution >= 0.6 is 12.2 Å². The van der Waals surface area contributed by atoms with E-state index in [1.807, 2.05) is 20.8 Å². The Morgan fingerprint density at radius 3 is 2.42 bits per heavy atom. The second-order valence-electron chi connectivity index (χ2n) is 5.09. The number of H-pyrrole nitrogens is 1. The van der Waals surface area contributed by atoms with Gasteiger partial charge in [-0.1, -0.05) is 22.4 Å². The van der Waals surface area contributed by atoms with E-state index in [1.165, 1.54) is 0 Å². The van der Waals surface area contributed by atoms with Gasteiger partial charge in [0.15, 0.2) is 6.29 Å².